The minimum absolute atomic E-state index is 0.122. The predicted octanol–water partition coefficient (Wildman–Crippen LogP) is -0.437. The van der Waals surface area contributed by atoms with Gasteiger partial charge in [0.2, 0.25) is 11.8 Å². The maximum absolute atomic E-state index is 12.0. The molecule has 3 atom stereocenters. The molecule has 0 saturated carbocycles. The fourth-order valence-corrected chi connectivity index (χ4v) is 2.02. The Balaban J connectivity index is 4.41. The van der Waals surface area contributed by atoms with Crippen LogP contribution in [0.25, 0.3) is 0 Å². The van der Waals surface area contributed by atoms with E-state index in [4.69, 9.17) is 16.6 Å². The van der Waals surface area contributed by atoms with Crippen molar-refractivity contribution in [3.8, 4) is 0 Å². The Labute approximate surface area is 137 Å². The maximum Gasteiger partial charge on any atom is 0.326 e. The van der Waals surface area contributed by atoms with E-state index in [1.54, 1.807) is 0 Å². The van der Waals surface area contributed by atoms with Gasteiger partial charge in [0.1, 0.15) is 12.1 Å². The number of rotatable bonds is 11. The molecule has 0 heterocycles. The lowest BCUT2D eigenvalue weighted by Crippen LogP contribution is -2.53. The van der Waals surface area contributed by atoms with E-state index in [1.807, 2.05) is 13.8 Å². The monoisotopic (exact) mass is 330 g/mol. The highest BCUT2D eigenvalue weighted by atomic mass is 16.4. The third-order valence-electron chi connectivity index (χ3n) is 3.38. The molecule has 0 aliphatic heterocycles. The van der Waals surface area contributed by atoms with E-state index in [2.05, 4.69) is 10.6 Å². The molecule has 0 fully saturated rings. The Morgan fingerprint density at radius 2 is 1.65 bits per heavy atom. The third kappa shape index (κ3) is 9.14. The molecule has 23 heavy (non-hydrogen) atoms. The molecule has 0 aromatic carbocycles. The van der Waals surface area contributed by atoms with Gasteiger partial charge in [0.05, 0.1) is 6.04 Å². The second-order valence-electron chi connectivity index (χ2n) is 6.15. The molecule has 0 aliphatic carbocycles. The Bertz CT molecular complexity index is 401. The van der Waals surface area contributed by atoms with E-state index >= 15 is 0 Å². The number of aliphatic carboxylic acids is 1. The highest BCUT2D eigenvalue weighted by Crippen LogP contribution is 2.05. The summed E-state index contributed by atoms with van der Waals surface area (Å²) in [6, 6.07) is -2.53. The average molecular weight is 330 g/mol. The van der Waals surface area contributed by atoms with Gasteiger partial charge in [-0.15, -0.1) is 0 Å². The molecule has 0 bridgehead atoms. The normalized spacial score (nSPS) is 14.9. The molecule has 0 spiro atoms. The summed E-state index contributed by atoms with van der Waals surface area (Å²) >= 11 is 0. The fourth-order valence-electron chi connectivity index (χ4n) is 2.02. The van der Waals surface area contributed by atoms with Crippen LogP contribution in [0.5, 0.6) is 0 Å². The molecular weight excluding hydrogens is 300 g/mol. The number of amides is 2. The van der Waals surface area contributed by atoms with Crippen LogP contribution < -0.4 is 22.1 Å². The molecular formula is C15H30N4O4. The number of carboxylic acids is 1. The summed E-state index contributed by atoms with van der Waals surface area (Å²) in [5.41, 5.74) is 11.1. The van der Waals surface area contributed by atoms with Crippen molar-refractivity contribution in [2.24, 2.45) is 17.4 Å². The van der Waals surface area contributed by atoms with Crippen LogP contribution in [-0.2, 0) is 14.4 Å². The van der Waals surface area contributed by atoms with Crippen LogP contribution in [0, 0.1) is 5.92 Å². The van der Waals surface area contributed by atoms with E-state index in [0.717, 1.165) is 12.8 Å². The summed E-state index contributed by atoms with van der Waals surface area (Å²) in [7, 11) is 0. The number of hydrogen-bond donors (Lipinski definition) is 5. The van der Waals surface area contributed by atoms with Crippen molar-refractivity contribution in [1.29, 1.82) is 0 Å². The first kappa shape index (κ1) is 21.3. The Kier molecular flexibility index (Phi) is 10.2. The smallest absolute Gasteiger partial charge is 0.326 e. The Morgan fingerprint density at radius 3 is 2.13 bits per heavy atom. The summed E-state index contributed by atoms with van der Waals surface area (Å²) in [5.74, 6) is -1.94. The van der Waals surface area contributed by atoms with Crippen LogP contribution in [0.15, 0.2) is 0 Å². The van der Waals surface area contributed by atoms with Crippen molar-refractivity contribution in [2.45, 2.75) is 64.6 Å². The van der Waals surface area contributed by atoms with Crippen molar-refractivity contribution in [1.82, 2.24) is 10.6 Å². The van der Waals surface area contributed by atoms with Gasteiger partial charge in [-0.05, 0) is 38.6 Å². The molecule has 0 rings (SSSR count). The van der Waals surface area contributed by atoms with Gasteiger partial charge < -0.3 is 27.2 Å². The predicted molar refractivity (Wildman–Crippen MR) is 87.5 cm³/mol. The van der Waals surface area contributed by atoms with Gasteiger partial charge in [-0.25, -0.2) is 4.79 Å². The van der Waals surface area contributed by atoms with Crippen LogP contribution in [0.2, 0.25) is 0 Å². The minimum atomic E-state index is -1.09. The number of carboxylic acid groups (broad SMARTS) is 1. The van der Waals surface area contributed by atoms with E-state index in [9.17, 15) is 14.4 Å². The fraction of sp³-hybridized carbons (Fsp3) is 0.800. The largest absolute Gasteiger partial charge is 0.480 e. The molecule has 7 N–H and O–H groups in total. The molecule has 0 unspecified atom stereocenters. The van der Waals surface area contributed by atoms with Gasteiger partial charge in [-0.2, -0.15) is 0 Å². The zero-order valence-corrected chi connectivity index (χ0v) is 14.2. The van der Waals surface area contributed by atoms with Crippen molar-refractivity contribution in [3.63, 3.8) is 0 Å². The number of hydrogen-bond acceptors (Lipinski definition) is 5. The summed E-state index contributed by atoms with van der Waals surface area (Å²) in [4.78, 5) is 35.0. The summed E-state index contributed by atoms with van der Waals surface area (Å²) < 4.78 is 0. The second kappa shape index (κ2) is 11.0. The maximum atomic E-state index is 12.0. The number of carbonyl (C=O) groups is 3. The second-order valence-corrected chi connectivity index (χ2v) is 6.15. The lowest BCUT2D eigenvalue weighted by molar-refractivity contribution is -0.142. The Morgan fingerprint density at radius 1 is 1.04 bits per heavy atom. The molecule has 2 amide bonds. The molecule has 0 aromatic rings. The lowest BCUT2D eigenvalue weighted by Gasteiger charge is -2.21. The standard InChI is InChI=1S/C15H30N4O4/c1-9(2)8-12(15(22)23)19-13(20)10(3)18-14(21)11(17)6-4-5-7-16/h9-12H,4-8,16-17H2,1-3H3,(H,18,21)(H,19,20)(H,22,23)/t10-,11-,12-/m0/s1. The van der Waals surface area contributed by atoms with Crippen molar-refractivity contribution in [3.05, 3.63) is 0 Å². The molecule has 134 valence electrons. The SMILES string of the molecule is CC(C)C[C@H](NC(=O)[C@H](C)NC(=O)[C@@H](N)CCCCN)C(=O)O. The van der Waals surface area contributed by atoms with Crippen LogP contribution in [0.3, 0.4) is 0 Å². The Hall–Kier alpha value is -1.67. The van der Waals surface area contributed by atoms with Crippen molar-refractivity contribution < 1.29 is 19.5 Å². The molecule has 0 aliphatic rings. The number of carbonyl (C=O) groups excluding carboxylic acids is 2. The van der Waals surface area contributed by atoms with Gasteiger partial charge in [0, 0.05) is 0 Å². The van der Waals surface area contributed by atoms with Crippen LogP contribution in [-0.4, -0.2) is 47.6 Å². The summed E-state index contributed by atoms with van der Waals surface area (Å²) in [6.45, 7) is 5.77. The van der Waals surface area contributed by atoms with Crippen LogP contribution >= 0.6 is 0 Å². The van der Waals surface area contributed by atoms with Crippen molar-refractivity contribution >= 4 is 17.8 Å². The first-order chi connectivity index (χ1) is 10.7. The first-order valence-corrected chi connectivity index (χ1v) is 7.98. The number of nitrogens with two attached hydrogens (primary N) is 2. The zero-order chi connectivity index (χ0) is 18.0. The van der Waals surface area contributed by atoms with Crippen LogP contribution in [0.1, 0.15) is 46.5 Å². The average Bonchev–Trinajstić information content (AvgIpc) is 2.45. The van der Waals surface area contributed by atoms with Gasteiger partial charge in [-0.1, -0.05) is 20.3 Å². The van der Waals surface area contributed by atoms with E-state index in [1.165, 1.54) is 6.92 Å². The van der Waals surface area contributed by atoms with E-state index in [0.29, 0.717) is 19.4 Å². The highest BCUT2D eigenvalue weighted by Gasteiger charge is 2.25. The van der Waals surface area contributed by atoms with Gasteiger partial charge in [-0.3, -0.25) is 9.59 Å². The van der Waals surface area contributed by atoms with E-state index < -0.39 is 35.9 Å². The molecule has 0 radical (unpaired) electrons. The number of nitrogens with one attached hydrogen (secondary N) is 2. The van der Waals surface area contributed by atoms with Crippen molar-refractivity contribution in [2.75, 3.05) is 6.54 Å². The highest BCUT2D eigenvalue weighted by molar-refractivity contribution is 5.91. The molecule has 0 saturated heterocycles. The molecule has 8 nitrogen and oxygen atoms in total. The van der Waals surface area contributed by atoms with E-state index in [-0.39, 0.29) is 5.92 Å². The quantitative estimate of drug-likeness (QED) is 0.324. The summed E-state index contributed by atoms with van der Waals surface area (Å²) in [5, 5.41) is 14.0. The van der Waals surface area contributed by atoms with Gasteiger partial charge in [0.15, 0.2) is 0 Å². The molecule has 0 aromatic heterocycles. The minimum Gasteiger partial charge on any atom is -0.480 e. The number of unbranched alkanes of at least 4 members (excludes halogenated alkanes) is 1. The zero-order valence-electron chi connectivity index (χ0n) is 14.2. The van der Waals surface area contributed by atoms with Gasteiger partial charge in [0.25, 0.3) is 0 Å². The molecule has 8 heteroatoms. The van der Waals surface area contributed by atoms with Crippen LogP contribution in [0.4, 0.5) is 0 Å². The topological polar surface area (TPSA) is 148 Å². The summed E-state index contributed by atoms with van der Waals surface area (Å²) in [6.07, 6.45) is 2.33. The van der Waals surface area contributed by atoms with Gasteiger partial charge >= 0.3 is 5.97 Å². The lowest BCUT2D eigenvalue weighted by atomic mass is 10.0. The third-order valence-corrected chi connectivity index (χ3v) is 3.38. The first-order valence-electron chi connectivity index (χ1n) is 7.98.